The molecule has 0 aromatic heterocycles. The van der Waals surface area contributed by atoms with Crippen LogP contribution in [0.25, 0.3) is 6.08 Å². The number of Topliss-reactive ketones (excluding diaryl/α,β-unsaturated/α-hetero) is 2. The van der Waals surface area contributed by atoms with Gasteiger partial charge in [0.05, 0.1) is 18.0 Å². The number of carboxylic acids is 2. The number of allylic oxidation sites excluding steroid dienone is 11. The molecule has 0 atom stereocenters. The third-order valence-corrected chi connectivity index (χ3v) is 11.5. The number of carbonyl (C=O) groups excluding carboxylic acids is 2. The van der Waals surface area contributed by atoms with Crippen molar-refractivity contribution in [3.05, 3.63) is 177 Å². The molecule has 0 unspecified atom stereocenters. The fourth-order valence-corrected chi connectivity index (χ4v) is 7.85. The summed E-state index contributed by atoms with van der Waals surface area (Å²) in [6, 6.07) is 28.6. The molecular weight excluding hydrogens is 843 g/mol. The first-order valence-corrected chi connectivity index (χ1v) is 22.4. The van der Waals surface area contributed by atoms with Gasteiger partial charge in [0.15, 0.2) is 11.6 Å². The molecule has 0 saturated carbocycles. The average Bonchev–Trinajstić information content (AvgIpc) is 3.28. The fourth-order valence-electron chi connectivity index (χ4n) is 7.85. The van der Waals surface area contributed by atoms with Crippen LogP contribution in [0.1, 0.15) is 83.6 Å². The van der Waals surface area contributed by atoms with Crippen molar-refractivity contribution in [1.29, 1.82) is 0 Å². The number of azo groups is 1. The monoisotopic (exact) mass is 901 g/mol. The topological polar surface area (TPSA) is 166 Å². The van der Waals surface area contributed by atoms with E-state index in [9.17, 15) is 29.4 Å². The number of aliphatic carboxylic acids is 2. The zero-order chi connectivity index (χ0) is 48.5. The van der Waals surface area contributed by atoms with Gasteiger partial charge in [-0.15, -0.1) is 0 Å². The van der Waals surface area contributed by atoms with E-state index in [-0.39, 0.29) is 43.0 Å². The van der Waals surface area contributed by atoms with Crippen molar-refractivity contribution in [2.75, 3.05) is 18.3 Å². The van der Waals surface area contributed by atoms with E-state index >= 15 is 0 Å². The lowest BCUT2D eigenvalue weighted by Crippen LogP contribution is -2.23. The Balaban J connectivity index is 1.30. The zero-order valence-electron chi connectivity index (χ0n) is 39.3. The Morgan fingerprint density at radius 3 is 1.81 bits per heavy atom. The highest BCUT2D eigenvalue weighted by atomic mass is 16.6. The number of nitrogens with zero attached hydrogens (tertiary/aromatic N) is 3. The molecule has 0 spiro atoms. The number of carbonyl (C=O) groups is 4. The molecule has 4 aromatic carbocycles. The van der Waals surface area contributed by atoms with Crippen molar-refractivity contribution in [2.45, 2.75) is 80.6 Å². The Hall–Kier alpha value is -7.08. The van der Waals surface area contributed by atoms with Crippen LogP contribution in [0.4, 0.5) is 28.4 Å². The first-order valence-electron chi connectivity index (χ1n) is 22.4. The van der Waals surface area contributed by atoms with Crippen LogP contribution < -0.4 is 4.90 Å². The molecule has 0 heterocycles. The van der Waals surface area contributed by atoms with Crippen LogP contribution in [-0.2, 0) is 43.2 Å². The largest absolute Gasteiger partial charge is 0.481 e. The fraction of sp³-hybridized carbons (Fsp3) is 0.286. The van der Waals surface area contributed by atoms with Gasteiger partial charge >= 0.3 is 11.9 Å². The van der Waals surface area contributed by atoms with E-state index in [1.54, 1.807) is 0 Å². The van der Waals surface area contributed by atoms with Crippen LogP contribution in [0.3, 0.4) is 0 Å². The maximum Gasteiger partial charge on any atom is 0.303 e. The SMILES string of the molecule is CC1=C/C(=C2C=C(/C=C/c3ccc(/N=N/c4ccc(N(c5cccc(CCOCO)c5)c5cccc(CCC(=O)O)c5)cc4CCC(=O)O)cc3)C(=O)C(C(C)(C)C)=C\2)C=C(C(C)(C)C)C1=O. The van der Waals surface area contributed by atoms with Gasteiger partial charge in [-0.25, -0.2) is 0 Å². The molecule has 0 amide bonds. The number of carboxylic acid groups (broad SMARTS) is 2. The van der Waals surface area contributed by atoms with Gasteiger partial charge in [-0.05, 0) is 155 Å². The molecule has 0 aliphatic heterocycles. The van der Waals surface area contributed by atoms with Gasteiger partial charge in [0, 0.05) is 46.6 Å². The molecular formula is C56H59N3O8. The summed E-state index contributed by atoms with van der Waals surface area (Å²) in [7, 11) is 0. The Labute approximate surface area is 392 Å². The molecule has 0 saturated heterocycles. The van der Waals surface area contributed by atoms with Crippen LogP contribution in [-0.4, -0.2) is 52.2 Å². The molecule has 6 rings (SSSR count). The maximum absolute atomic E-state index is 13.9. The van der Waals surface area contributed by atoms with Crippen molar-refractivity contribution in [1.82, 2.24) is 0 Å². The zero-order valence-corrected chi connectivity index (χ0v) is 39.3. The first-order chi connectivity index (χ1) is 31.8. The summed E-state index contributed by atoms with van der Waals surface area (Å²) >= 11 is 0. The van der Waals surface area contributed by atoms with Crippen molar-refractivity contribution >= 4 is 58.0 Å². The van der Waals surface area contributed by atoms with E-state index in [1.807, 2.05) is 181 Å². The van der Waals surface area contributed by atoms with Gasteiger partial charge < -0.3 is 25.0 Å². The van der Waals surface area contributed by atoms with Crippen molar-refractivity contribution in [3.63, 3.8) is 0 Å². The summed E-state index contributed by atoms with van der Waals surface area (Å²) in [4.78, 5) is 52.3. The lowest BCUT2D eigenvalue weighted by Gasteiger charge is -2.28. The highest BCUT2D eigenvalue weighted by Crippen LogP contribution is 2.40. The maximum atomic E-state index is 13.9. The first kappa shape index (κ1) is 49.4. The molecule has 11 heteroatoms. The standard InChI is InChI=1S/C56H59N3O8/c1-36-28-42(33-48(53(36)65)55(2,3)4)43-31-41(54(66)49(34-43)56(5,6)7)18-14-37-15-20-44(21-16-37)57-58-50-23-22-47(32-40(50)19-25-52(63)64)59(45-12-8-10-38(29-45)17-24-51(61)62)46-13-9-11-39(30-46)26-27-67-35-60/h8-16,18,20-23,28-34,60H,17,19,24-27,35H2,1-7H3,(H,61,62)(H,63,64)/b18-14+,43-42-,58-57+. The van der Waals surface area contributed by atoms with E-state index < -0.39 is 17.4 Å². The molecule has 11 nitrogen and oxygen atoms in total. The molecule has 346 valence electrons. The van der Waals surface area contributed by atoms with Gasteiger partial charge in [0.25, 0.3) is 0 Å². The predicted octanol–water partition coefficient (Wildman–Crippen LogP) is 12.4. The van der Waals surface area contributed by atoms with E-state index in [0.717, 1.165) is 50.5 Å². The van der Waals surface area contributed by atoms with E-state index in [2.05, 4.69) is 10.2 Å². The average molecular weight is 902 g/mol. The quantitative estimate of drug-likeness (QED) is 0.0531. The van der Waals surface area contributed by atoms with Crippen LogP contribution in [0.15, 0.2) is 165 Å². The third-order valence-electron chi connectivity index (χ3n) is 11.5. The van der Waals surface area contributed by atoms with Crippen LogP contribution in [0, 0.1) is 10.8 Å². The van der Waals surface area contributed by atoms with Gasteiger partial charge in [-0.2, -0.15) is 10.2 Å². The molecule has 2 aliphatic carbocycles. The lowest BCUT2D eigenvalue weighted by molar-refractivity contribution is -0.138. The molecule has 2 aliphatic rings. The van der Waals surface area contributed by atoms with E-state index in [4.69, 9.17) is 9.84 Å². The number of hydrogen-bond donors (Lipinski definition) is 3. The number of hydrogen-bond acceptors (Lipinski definition) is 9. The smallest absolute Gasteiger partial charge is 0.303 e. The number of ether oxygens (including phenoxy) is 1. The lowest BCUT2D eigenvalue weighted by atomic mass is 9.75. The summed E-state index contributed by atoms with van der Waals surface area (Å²) in [5, 5.41) is 37.3. The molecule has 67 heavy (non-hydrogen) atoms. The van der Waals surface area contributed by atoms with Gasteiger partial charge in [0.1, 0.15) is 6.79 Å². The van der Waals surface area contributed by atoms with Crippen LogP contribution in [0.2, 0.25) is 0 Å². The van der Waals surface area contributed by atoms with Crippen molar-refractivity contribution < 1.29 is 39.2 Å². The minimum absolute atomic E-state index is 0.0164. The normalized spacial score (nSPS) is 15.7. The summed E-state index contributed by atoms with van der Waals surface area (Å²) in [5.41, 5.74) is 10.4. The number of aliphatic hydroxyl groups is 1. The highest BCUT2D eigenvalue weighted by Gasteiger charge is 2.31. The number of anilines is 3. The minimum atomic E-state index is -0.953. The molecule has 4 aromatic rings. The minimum Gasteiger partial charge on any atom is -0.481 e. The number of benzene rings is 4. The number of aliphatic hydroxyl groups excluding tert-OH is 1. The third kappa shape index (κ3) is 13.1. The Morgan fingerprint density at radius 1 is 0.642 bits per heavy atom. The van der Waals surface area contributed by atoms with Crippen LogP contribution >= 0.6 is 0 Å². The molecule has 0 bridgehead atoms. The Bertz CT molecular complexity index is 2770. The van der Waals surface area contributed by atoms with Gasteiger partial charge in [-0.3, -0.25) is 19.2 Å². The Kier molecular flexibility index (Phi) is 15.8. The second-order valence-corrected chi connectivity index (χ2v) is 18.8. The summed E-state index contributed by atoms with van der Waals surface area (Å²) < 4.78 is 5.19. The number of ketones is 2. The molecule has 0 fully saturated rings. The van der Waals surface area contributed by atoms with Gasteiger partial charge in [-0.1, -0.05) is 90.1 Å². The van der Waals surface area contributed by atoms with Gasteiger partial charge in [0.2, 0.25) is 0 Å². The Morgan fingerprint density at radius 2 is 1.21 bits per heavy atom. The summed E-state index contributed by atoms with van der Waals surface area (Å²) in [5.74, 6) is -1.86. The van der Waals surface area contributed by atoms with E-state index in [0.29, 0.717) is 53.1 Å². The predicted molar refractivity (Wildman–Crippen MR) is 263 cm³/mol. The number of rotatable bonds is 17. The molecule has 0 radical (unpaired) electrons. The van der Waals surface area contributed by atoms with Crippen molar-refractivity contribution in [3.8, 4) is 0 Å². The number of aryl methyl sites for hydroxylation is 2. The summed E-state index contributed by atoms with van der Waals surface area (Å²) in [6.07, 6.45) is 12.4. The van der Waals surface area contributed by atoms with Crippen LogP contribution in [0.5, 0.6) is 0 Å². The molecule has 3 N–H and O–H groups in total. The van der Waals surface area contributed by atoms with E-state index in [1.165, 1.54) is 0 Å². The second kappa shape index (κ2) is 21.5. The van der Waals surface area contributed by atoms with Crippen molar-refractivity contribution in [2.24, 2.45) is 21.1 Å². The highest BCUT2D eigenvalue weighted by molar-refractivity contribution is 6.14. The summed E-state index contributed by atoms with van der Waals surface area (Å²) in [6.45, 7) is 13.9. The second-order valence-electron chi connectivity index (χ2n) is 18.8.